The number of pyridine rings is 1. The molecule has 118 valence electrons. The van der Waals surface area contributed by atoms with Crippen LogP contribution in [-0.4, -0.2) is 51.8 Å². The molecule has 1 aliphatic rings. The Morgan fingerprint density at radius 2 is 2.14 bits per heavy atom. The van der Waals surface area contributed by atoms with Crippen LogP contribution in [0.4, 0.5) is 0 Å². The van der Waals surface area contributed by atoms with Crippen LogP contribution in [0.3, 0.4) is 0 Å². The maximum atomic E-state index is 12.9. The number of amides is 1. The van der Waals surface area contributed by atoms with Gasteiger partial charge < -0.3 is 10.2 Å². The van der Waals surface area contributed by atoms with Crippen molar-refractivity contribution in [3.63, 3.8) is 0 Å². The topological polar surface area (TPSA) is 63.1 Å². The minimum absolute atomic E-state index is 0.0857. The molecule has 1 saturated heterocycles. The highest BCUT2D eigenvalue weighted by atomic mass is 16.2. The Bertz CT molecular complexity index is 683. The molecule has 0 unspecified atom stereocenters. The summed E-state index contributed by atoms with van der Waals surface area (Å²) in [7, 11) is 0. The average Bonchev–Trinajstić information content (AvgIpc) is 2.72. The van der Waals surface area contributed by atoms with Crippen molar-refractivity contribution in [2.24, 2.45) is 0 Å². The van der Waals surface area contributed by atoms with Gasteiger partial charge in [0.25, 0.3) is 5.91 Å². The van der Waals surface area contributed by atoms with Crippen molar-refractivity contribution in [2.45, 2.75) is 33.2 Å². The van der Waals surface area contributed by atoms with Crippen LogP contribution in [0.15, 0.2) is 12.3 Å². The summed E-state index contributed by atoms with van der Waals surface area (Å²) in [5.41, 5.74) is 2.37. The predicted molar refractivity (Wildman–Crippen MR) is 86.0 cm³/mol. The highest BCUT2D eigenvalue weighted by molar-refractivity contribution is 6.05. The van der Waals surface area contributed by atoms with Crippen LogP contribution < -0.4 is 5.32 Å². The Hall–Kier alpha value is -1.95. The molecular formula is C16H23N5O. The first-order chi connectivity index (χ1) is 10.6. The molecule has 6 nitrogen and oxygen atoms in total. The average molecular weight is 301 g/mol. The third kappa shape index (κ3) is 2.70. The number of fused-ring (bicyclic) bond motifs is 1. The highest BCUT2D eigenvalue weighted by Gasteiger charge is 2.22. The molecular weight excluding hydrogens is 278 g/mol. The smallest absolute Gasteiger partial charge is 0.254 e. The molecule has 3 heterocycles. The summed E-state index contributed by atoms with van der Waals surface area (Å²) in [5, 5.41) is 8.59. The molecule has 1 fully saturated rings. The summed E-state index contributed by atoms with van der Waals surface area (Å²) < 4.78 is 1.88. The number of nitrogens with zero attached hydrogens (tertiary/aromatic N) is 4. The summed E-state index contributed by atoms with van der Waals surface area (Å²) >= 11 is 0. The summed E-state index contributed by atoms with van der Waals surface area (Å²) in [5.74, 6) is 0.0857. The fourth-order valence-corrected chi connectivity index (χ4v) is 2.92. The Morgan fingerprint density at radius 1 is 1.32 bits per heavy atom. The van der Waals surface area contributed by atoms with E-state index in [2.05, 4.69) is 29.2 Å². The Kier molecular flexibility index (Phi) is 4.11. The lowest BCUT2D eigenvalue weighted by Gasteiger charge is -2.20. The number of hydrogen-bond acceptors (Lipinski definition) is 4. The van der Waals surface area contributed by atoms with Crippen LogP contribution >= 0.6 is 0 Å². The Balaban J connectivity index is 2.04. The molecule has 0 radical (unpaired) electrons. The van der Waals surface area contributed by atoms with Crippen molar-refractivity contribution in [3.05, 3.63) is 23.5 Å². The second kappa shape index (κ2) is 6.04. The lowest BCUT2D eigenvalue weighted by molar-refractivity contribution is 0.0768. The minimum atomic E-state index is 0.0857. The molecule has 6 heteroatoms. The number of hydrogen-bond donors (Lipinski definition) is 1. The van der Waals surface area contributed by atoms with Gasteiger partial charge >= 0.3 is 0 Å². The van der Waals surface area contributed by atoms with E-state index >= 15 is 0 Å². The van der Waals surface area contributed by atoms with Crippen LogP contribution in [0.1, 0.15) is 42.4 Å². The van der Waals surface area contributed by atoms with E-state index < -0.39 is 0 Å². The van der Waals surface area contributed by atoms with Gasteiger partial charge in [0.05, 0.1) is 17.1 Å². The molecule has 0 bridgehead atoms. The van der Waals surface area contributed by atoms with Crippen LogP contribution in [0.2, 0.25) is 0 Å². The van der Waals surface area contributed by atoms with Gasteiger partial charge in [-0.25, -0.2) is 9.67 Å². The zero-order valence-corrected chi connectivity index (χ0v) is 13.5. The first-order valence-corrected chi connectivity index (χ1v) is 7.93. The van der Waals surface area contributed by atoms with Crippen molar-refractivity contribution in [1.82, 2.24) is 25.0 Å². The van der Waals surface area contributed by atoms with E-state index in [1.54, 1.807) is 6.20 Å². The van der Waals surface area contributed by atoms with Crippen molar-refractivity contribution < 1.29 is 4.79 Å². The SMILES string of the molecule is Cc1cc(C(=O)N2CCCNCC2)c2cnn(C(C)C)c2n1. The normalized spacial score (nSPS) is 16.3. The van der Waals surface area contributed by atoms with Crippen molar-refractivity contribution in [1.29, 1.82) is 0 Å². The van der Waals surface area contributed by atoms with E-state index in [1.807, 2.05) is 22.6 Å². The van der Waals surface area contributed by atoms with E-state index in [1.165, 1.54) is 0 Å². The number of nitrogens with one attached hydrogen (secondary N) is 1. The number of aryl methyl sites for hydroxylation is 1. The highest BCUT2D eigenvalue weighted by Crippen LogP contribution is 2.22. The molecule has 1 aliphatic heterocycles. The van der Waals surface area contributed by atoms with E-state index in [9.17, 15) is 4.79 Å². The van der Waals surface area contributed by atoms with Gasteiger partial charge in [0.2, 0.25) is 0 Å². The lowest BCUT2D eigenvalue weighted by Crippen LogP contribution is -2.34. The molecule has 1 N–H and O–H groups in total. The molecule has 0 saturated carbocycles. The second-order valence-electron chi connectivity index (χ2n) is 6.13. The third-order valence-corrected chi connectivity index (χ3v) is 4.04. The second-order valence-corrected chi connectivity index (χ2v) is 6.13. The molecule has 22 heavy (non-hydrogen) atoms. The summed E-state index contributed by atoms with van der Waals surface area (Å²) in [6.07, 6.45) is 2.76. The van der Waals surface area contributed by atoms with Gasteiger partial charge in [0.15, 0.2) is 5.65 Å². The Morgan fingerprint density at radius 3 is 2.91 bits per heavy atom. The van der Waals surface area contributed by atoms with Crippen LogP contribution in [0.5, 0.6) is 0 Å². The quantitative estimate of drug-likeness (QED) is 0.918. The number of aromatic nitrogens is 3. The Labute approximate surface area is 130 Å². The third-order valence-electron chi connectivity index (χ3n) is 4.04. The first-order valence-electron chi connectivity index (χ1n) is 7.93. The summed E-state index contributed by atoms with van der Waals surface area (Å²) in [6.45, 7) is 9.44. The van der Waals surface area contributed by atoms with Gasteiger partial charge in [-0.3, -0.25) is 4.79 Å². The predicted octanol–water partition coefficient (Wildman–Crippen LogP) is 1.76. The van der Waals surface area contributed by atoms with Crippen molar-refractivity contribution >= 4 is 16.9 Å². The van der Waals surface area contributed by atoms with Crippen molar-refractivity contribution in [2.75, 3.05) is 26.2 Å². The maximum absolute atomic E-state index is 12.9. The zero-order valence-electron chi connectivity index (χ0n) is 13.5. The molecule has 2 aromatic rings. The lowest BCUT2D eigenvalue weighted by atomic mass is 10.1. The molecule has 2 aromatic heterocycles. The molecule has 0 spiro atoms. The van der Waals surface area contributed by atoms with Crippen LogP contribution in [-0.2, 0) is 0 Å². The van der Waals surface area contributed by atoms with Gasteiger partial charge in [0.1, 0.15) is 0 Å². The van der Waals surface area contributed by atoms with Crippen molar-refractivity contribution in [3.8, 4) is 0 Å². The largest absolute Gasteiger partial charge is 0.337 e. The van der Waals surface area contributed by atoms with Gasteiger partial charge in [-0.2, -0.15) is 5.10 Å². The number of rotatable bonds is 2. The van der Waals surface area contributed by atoms with Gasteiger partial charge in [-0.1, -0.05) is 0 Å². The fraction of sp³-hybridized carbons (Fsp3) is 0.562. The standard InChI is InChI=1S/C16H23N5O/c1-11(2)21-15-14(10-18-21)13(9-12(3)19-15)16(22)20-7-4-5-17-6-8-20/h9-11,17H,4-8H2,1-3H3. The van der Waals surface area contributed by atoms with E-state index in [0.29, 0.717) is 0 Å². The zero-order chi connectivity index (χ0) is 15.7. The maximum Gasteiger partial charge on any atom is 0.254 e. The number of carbonyl (C=O) groups is 1. The van der Waals surface area contributed by atoms with Gasteiger partial charge in [-0.15, -0.1) is 0 Å². The fourth-order valence-electron chi connectivity index (χ4n) is 2.92. The number of carbonyl (C=O) groups excluding carboxylic acids is 1. The van der Waals surface area contributed by atoms with Crippen LogP contribution in [0, 0.1) is 6.92 Å². The van der Waals surface area contributed by atoms with E-state index in [0.717, 1.165) is 54.9 Å². The molecule has 0 aromatic carbocycles. The first kappa shape index (κ1) is 15.0. The summed E-state index contributed by atoms with van der Waals surface area (Å²) in [4.78, 5) is 19.4. The van der Waals surface area contributed by atoms with Gasteiger partial charge in [-0.05, 0) is 39.8 Å². The van der Waals surface area contributed by atoms with Crippen LogP contribution in [0.25, 0.3) is 11.0 Å². The van der Waals surface area contributed by atoms with E-state index in [-0.39, 0.29) is 11.9 Å². The molecule has 1 amide bonds. The monoisotopic (exact) mass is 301 g/mol. The molecule has 0 atom stereocenters. The molecule has 3 rings (SSSR count). The molecule has 0 aliphatic carbocycles. The minimum Gasteiger partial charge on any atom is -0.337 e. The van der Waals surface area contributed by atoms with E-state index in [4.69, 9.17) is 0 Å². The summed E-state index contributed by atoms with van der Waals surface area (Å²) in [6, 6.07) is 2.10. The van der Waals surface area contributed by atoms with Gasteiger partial charge in [0, 0.05) is 31.4 Å².